The zero-order chi connectivity index (χ0) is 10.7. The van der Waals surface area contributed by atoms with Crippen LogP contribution in [0.1, 0.15) is 6.92 Å². The molecule has 12 heavy (non-hydrogen) atoms. The van der Waals surface area contributed by atoms with E-state index in [9.17, 15) is 0 Å². The van der Waals surface area contributed by atoms with Gasteiger partial charge in [-0.1, -0.05) is 0 Å². The number of hydrogen-bond donors (Lipinski definition) is 8. The van der Waals surface area contributed by atoms with Gasteiger partial charge in [0.1, 0.15) is 6.29 Å². The molecule has 0 aromatic carbocycles. The Morgan fingerprint density at radius 3 is 0.750 bits per heavy atom. The fourth-order valence-electron chi connectivity index (χ4n) is 0. The van der Waals surface area contributed by atoms with Crippen molar-refractivity contribution in [1.82, 2.24) is 0 Å². The molecule has 0 saturated carbocycles. The topological polar surface area (TPSA) is 162 Å². The Kier molecular flexibility index (Phi) is 21.5. The highest BCUT2D eigenvalue weighted by Crippen LogP contribution is 2.12. The first kappa shape index (κ1) is 18.3. The van der Waals surface area contributed by atoms with E-state index in [4.69, 9.17) is 39.6 Å². The molecule has 0 bridgehead atoms. The van der Waals surface area contributed by atoms with Gasteiger partial charge in [0.15, 0.2) is 0 Å². The van der Waals surface area contributed by atoms with Crippen LogP contribution in [0.5, 0.6) is 0 Å². The minimum atomic E-state index is -2.62. The summed E-state index contributed by atoms with van der Waals surface area (Å²) in [5.74, 6) is 0. The van der Waals surface area contributed by atoms with E-state index in [-0.39, 0.29) is 0 Å². The van der Waals surface area contributed by atoms with E-state index in [0.29, 0.717) is 0 Å². The summed E-state index contributed by atoms with van der Waals surface area (Å²) < 4.78 is 0. The van der Waals surface area contributed by atoms with Crippen LogP contribution in [0, 0.1) is 0 Å². The van der Waals surface area contributed by atoms with Gasteiger partial charge in [0, 0.05) is 0 Å². The summed E-state index contributed by atoms with van der Waals surface area (Å²) in [7, 11) is -5.24. The molecule has 0 atom stereocenters. The average Bonchev–Trinajstić information content (AvgIpc) is 1.54. The van der Waals surface area contributed by atoms with Crippen molar-refractivity contribution in [3.63, 3.8) is 0 Å². The molecular formula is C2H12O8P2. The van der Waals surface area contributed by atoms with Gasteiger partial charge in [-0.2, -0.15) is 0 Å². The minimum absolute atomic E-state index is 1.17. The summed E-state index contributed by atoms with van der Waals surface area (Å²) in [6, 6.07) is 0. The van der Waals surface area contributed by atoms with Crippen LogP contribution in [0.4, 0.5) is 0 Å². The van der Waals surface area contributed by atoms with Crippen LogP contribution >= 0.6 is 17.2 Å². The molecule has 0 saturated heterocycles. The van der Waals surface area contributed by atoms with Gasteiger partial charge in [0.05, 0.1) is 0 Å². The molecule has 0 fully saturated rings. The molecule has 8 nitrogen and oxygen atoms in total. The normalized spacial score (nSPS) is 9.00. The van der Waals surface area contributed by atoms with E-state index in [2.05, 4.69) is 0 Å². The van der Waals surface area contributed by atoms with Crippen molar-refractivity contribution in [2.45, 2.75) is 13.2 Å². The van der Waals surface area contributed by atoms with Crippen molar-refractivity contribution >= 4 is 17.2 Å². The third-order valence-corrected chi connectivity index (χ3v) is 0. The lowest BCUT2D eigenvalue weighted by Crippen LogP contribution is -1.92. The molecule has 0 radical (unpaired) electrons. The molecule has 0 rings (SSSR count). The predicted octanol–water partition coefficient (Wildman–Crippen LogP) is -2.30. The van der Waals surface area contributed by atoms with E-state index in [1.807, 2.05) is 0 Å². The van der Waals surface area contributed by atoms with Crippen molar-refractivity contribution in [3.05, 3.63) is 0 Å². The Hall–Kier alpha value is 0.540. The lowest BCUT2D eigenvalue weighted by Gasteiger charge is -1.80. The number of aliphatic hydroxyl groups is 2. The molecular weight excluding hydrogens is 214 g/mol. The van der Waals surface area contributed by atoms with Crippen LogP contribution in [0.25, 0.3) is 0 Å². The van der Waals surface area contributed by atoms with Gasteiger partial charge >= 0.3 is 17.2 Å². The molecule has 0 aliphatic heterocycles. The van der Waals surface area contributed by atoms with Gasteiger partial charge in [-0.25, -0.2) is 0 Å². The first-order chi connectivity index (χ1) is 5.20. The Labute approximate surface area is 71.0 Å². The number of rotatable bonds is 0. The lowest BCUT2D eigenvalue weighted by atomic mass is 10.8. The van der Waals surface area contributed by atoms with Crippen molar-refractivity contribution in [3.8, 4) is 0 Å². The van der Waals surface area contributed by atoms with E-state index >= 15 is 0 Å². The molecule has 0 spiro atoms. The molecule has 0 heterocycles. The minimum Gasteiger partial charge on any atom is -0.368 e. The highest BCUT2D eigenvalue weighted by atomic mass is 31.2. The summed E-state index contributed by atoms with van der Waals surface area (Å²) in [6.07, 6.45) is -1.17. The van der Waals surface area contributed by atoms with E-state index in [1.165, 1.54) is 6.92 Å². The molecule has 0 aromatic heterocycles. The molecule has 0 aliphatic carbocycles. The van der Waals surface area contributed by atoms with Crippen LogP contribution < -0.4 is 0 Å². The highest BCUT2D eigenvalue weighted by Gasteiger charge is 1.76. The molecule has 0 unspecified atom stereocenters. The van der Waals surface area contributed by atoms with Gasteiger partial charge in [-0.05, 0) is 6.92 Å². The van der Waals surface area contributed by atoms with Gasteiger partial charge in [-0.3, -0.25) is 0 Å². The summed E-state index contributed by atoms with van der Waals surface area (Å²) in [5, 5.41) is 15.2. The predicted molar refractivity (Wildman–Crippen MR) is 41.1 cm³/mol. The van der Waals surface area contributed by atoms with Gasteiger partial charge in [0.2, 0.25) is 0 Å². The molecule has 0 amide bonds. The monoisotopic (exact) mass is 226 g/mol. The average molecular weight is 226 g/mol. The number of aliphatic hydroxyl groups excluding tert-OH is 1. The van der Waals surface area contributed by atoms with Gasteiger partial charge in [-0.15, -0.1) is 0 Å². The van der Waals surface area contributed by atoms with Crippen molar-refractivity contribution in [2.24, 2.45) is 0 Å². The van der Waals surface area contributed by atoms with Crippen LogP contribution in [0.2, 0.25) is 0 Å². The largest absolute Gasteiger partial charge is 0.368 e. The van der Waals surface area contributed by atoms with Crippen LogP contribution in [0.3, 0.4) is 0 Å². The zero-order valence-corrected chi connectivity index (χ0v) is 7.84. The summed E-state index contributed by atoms with van der Waals surface area (Å²) >= 11 is 0. The van der Waals surface area contributed by atoms with Crippen LogP contribution in [-0.4, -0.2) is 45.9 Å². The van der Waals surface area contributed by atoms with Crippen molar-refractivity contribution < 1.29 is 39.6 Å². The van der Waals surface area contributed by atoms with Crippen LogP contribution in [0.15, 0.2) is 0 Å². The summed E-state index contributed by atoms with van der Waals surface area (Å²) in [4.78, 5) is 43.4. The fraction of sp³-hybridized carbons (Fsp3) is 1.00. The molecule has 78 valence electrons. The smallest absolute Gasteiger partial charge is 0.324 e. The maximum atomic E-state index is 7.61. The van der Waals surface area contributed by atoms with Gasteiger partial charge in [0.25, 0.3) is 0 Å². The molecule has 8 N–H and O–H groups in total. The second-order valence-electron chi connectivity index (χ2n) is 1.17. The SMILES string of the molecule is CC(O)O.OP(O)O.OP(O)O. The van der Waals surface area contributed by atoms with Crippen molar-refractivity contribution in [1.29, 1.82) is 0 Å². The number of hydrogen-bond acceptors (Lipinski definition) is 8. The third kappa shape index (κ3) is 3290. The zero-order valence-electron chi connectivity index (χ0n) is 6.05. The summed E-state index contributed by atoms with van der Waals surface area (Å²) in [5.41, 5.74) is 0. The Balaban J connectivity index is -0.000000101. The second kappa shape index (κ2) is 14.1. The Bertz CT molecular complexity index is 43.5. The van der Waals surface area contributed by atoms with E-state index in [1.54, 1.807) is 0 Å². The van der Waals surface area contributed by atoms with Crippen LogP contribution in [-0.2, 0) is 0 Å². The first-order valence-corrected chi connectivity index (χ1v) is 4.69. The molecule has 10 heteroatoms. The third-order valence-electron chi connectivity index (χ3n) is 0. The quantitative estimate of drug-likeness (QED) is 0.169. The van der Waals surface area contributed by atoms with Crippen molar-refractivity contribution in [2.75, 3.05) is 0 Å². The molecule has 0 aromatic rings. The maximum Gasteiger partial charge on any atom is 0.324 e. The standard InChI is InChI=1S/C2H6O2.2H3O3P/c1-2(3)4;2*1-4(2)3/h2-4H,1H3;2*1-3H. The lowest BCUT2D eigenvalue weighted by molar-refractivity contribution is -0.0228. The fourth-order valence-corrected chi connectivity index (χ4v) is 0. The maximum absolute atomic E-state index is 7.61. The van der Waals surface area contributed by atoms with E-state index < -0.39 is 23.5 Å². The second-order valence-corrected chi connectivity index (χ2v) is 2.24. The highest BCUT2D eigenvalue weighted by molar-refractivity contribution is 7.38. The first-order valence-electron chi connectivity index (χ1n) is 2.29. The Morgan fingerprint density at radius 2 is 0.750 bits per heavy atom. The Morgan fingerprint density at radius 1 is 0.750 bits per heavy atom. The van der Waals surface area contributed by atoms with Gasteiger partial charge < -0.3 is 39.6 Å². The molecule has 0 aliphatic rings. The van der Waals surface area contributed by atoms with E-state index in [0.717, 1.165) is 0 Å². The summed E-state index contributed by atoms with van der Waals surface area (Å²) in [6.45, 7) is 1.28.